The van der Waals surface area contributed by atoms with Crippen LogP contribution in [0.3, 0.4) is 0 Å². The molecule has 3 rings (SSSR count). The molecule has 0 spiro atoms. The fourth-order valence-corrected chi connectivity index (χ4v) is 6.19. The van der Waals surface area contributed by atoms with E-state index in [0.717, 1.165) is 10.6 Å². The molecule has 198 valence electrons. The second-order valence-corrected chi connectivity index (χ2v) is 12.5. The van der Waals surface area contributed by atoms with Crippen LogP contribution < -0.4 is 19.1 Å². The van der Waals surface area contributed by atoms with Crippen molar-refractivity contribution in [3.05, 3.63) is 76.3 Å². The summed E-state index contributed by atoms with van der Waals surface area (Å²) in [5, 5.41) is 3.18. The molecule has 13 heteroatoms. The van der Waals surface area contributed by atoms with E-state index in [0.29, 0.717) is 22.0 Å². The number of sulfonamides is 2. The molecule has 0 aromatic heterocycles. The minimum Gasteiger partial charge on any atom is -0.495 e. The number of methoxy groups -OCH3 is 1. The maximum atomic E-state index is 13.0. The number of nitrogens with zero attached hydrogens (tertiary/aromatic N) is 1. The summed E-state index contributed by atoms with van der Waals surface area (Å²) in [7, 11) is -6.37. The van der Waals surface area contributed by atoms with Gasteiger partial charge in [-0.15, -0.1) is 0 Å². The quantitative estimate of drug-likeness (QED) is 0.368. The predicted octanol–water partition coefficient (Wildman–Crippen LogP) is 4.90. The van der Waals surface area contributed by atoms with E-state index in [1.807, 2.05) is 0 Å². The number of carbonyl (C=O) groups excluding carboxylic acids is 1. The van der Waals surface area contributed by atoms with Gasteiger partial charge >= 0.3 is 0 Å². The lowest BCUT2D eigenvalue weighted by molar-refractivity contribution is -0.116. The van der Waals surface area contributed by atoms with E-state index < -0.39 is 32.0 Å². The number of benzene rings is 3. The van der Waals surface area contributed by atoms with Gasteiger partial charge in [0.2, 0.25) is 15.9 Å². The lowest BCUT2D eigenvalue weighted by atomic mass is 10.2. The number of halogens is 2. The van der Waals surface area contributed by atoms with Gasteiger partial charge in [0.15, 0.2) is 0 Å². The number of rotatable bonds is 9. The summed E-state index contributed by atoms with van der Waals surface area (Å²) in [4.78, 5) is 12.9. The van der Waals surface area contributed by atoms with Gasteiger partial charge in [-0.05, 0) is 74.0 Å². The van der Waals surface area contributed by atoms with Crippen LogP contribution >= 0.6 is 23.2 Å². The van der Waals surface area contributed by atoms with Crippen molar-refractivity contribution in [1.82, 2.24) is 0 Å². The number of hydrogen-bond acceptors (Lipinski definition) is 6. The topological polar surface area (TPSA) is 122 Å². The highest BCUT2D eigenvalue weighted by molar-refractivity contribution is 7.92. The van der Waals surface area contributed by atoms with E-state index in [4.69, 9.17) is 27.9 Å². The zero-order chi connectivity index (χ0) is 27.5. The minimum absolute atomic E-state index is 0.0384. The Bertz CT molecular complexity index is 1530. The maximum Gasteiger partial charge on any atom is 0.261 e. The van der Waals surface area contributed by atoms with Crippen LogP contribution in [0.15, 0.2) is 65.6 Å². The first kappa shape index (κ1) is 28.6. The van der Waals surface area contributed by atoms with E-state index in [2.05, 4.69) is 10.0 Å². The maximum absolute atomic E-state index is 13.0. The molecule has 9 nitrogen and oxygen atoms in total. The van der Waals surface area contributed by atoms with Gasteiger partial charge < -0.3 is 10.1 Å². The molecule has 0 saturated heterocycles. The fraction of sp³-hybridized carbons (Fsp3) is 0.208. The first-order valence-corrected chi connectivity index (χ1v) is 14.8. The molecule has 0 bridgehead atoms. The van der Waals surface area contributed by atoms with Crippen molar-refractivity contribution in [2.24, 2.45) is 0 Å². The molecule has 0 saturated carbocycles. The zero-order valence-corrected chi connectivity index (χ0v) is 23.5. The van der Waals surface area contributed by atoms with Crippen LogP contribution in [0.2, 0.25) is 10.0 Å². The van der Waals surface area contributed by atoms with Crippen LogP contribution in [-0.4, -0.2) is 42.2 Å². The third-order valence-corrected chi connectivity index (χ3v) is 8.51. The summed E-state index contributed by atoms with van der Waals surface area (Å²) >= 11 is 12.1. The largest absolute Gasteiger partial charge is 0.495 e. The minimum atomic E-state index is -3.92. The Balaban J connectivity index is 1.79. The monoisotopic (exact) mass is 585 g/mol. The molecule has 1 atom stereocenters. The lowest BCUT2D eigenvalue weighted by Crippen LogP contribution is -2.45. The van der Waals surface area contributed by atoms with Crippen LogP contribution in [0.25, 0.3) is 0 Å². The lowest BCUT2D eigenvalue weighted by Gasteiger charge is -2.28. The Morgan fingerprint density at radius 3 is 2.19 bits per heavy atom. The van der Waals surface area contributed by atoms with Crippen LogP contribution in [0, 0.1) is 6.92 Å². The van der Waals surface area contributed by atoms with Gasteiger partial charge in [-0.1, -0.05) is 29.3 Å². The number of aryl methyl sites for hydroxylation is 1. The molecular weight excluding hydrogens is 561 g/mol. The molecule has 0 fully saturated rings. The number of anilines is 3. The SMILES string of the molecule is COc1ccc(N([C@H](C)C(=O)Nc2ccc(S(=O)(=O)Nc3cc(Cl)ccc3C)cc2)S(C)(=O)=O)cc1Cl. The third-order valence-electron chi connectivity index (χ3n) is 5.35. The van der Waals surface area contributed by atoms with Gasteiger partial charge in [-0.3, -0.25) is 13.8 Å². The molecule has 0 aliphatic carbocycles. The molecule has 0 aliphatic heterocycles. The average molecular weight is 587 g/mol. The van der Waals surface area contributed by atoms with Crippen molar-refractivity contribution >= 4 is 66.2 Å². The Morgan fingerprint density at radius 1 is 0.973 bits per heavy atom. The first-order chi connectivity index (χ1) is 17.2. The van der Waals surface area contributed by atoms with Gasteiger partial charge in [0.25, 0.3) is 10.0 Å². The third kappa shape index (κ3) is 6.86. The number of hydrogen-bond donors (Lipinski definition) is 2. The van der Waals surface area contributed by atoms with E-state index in [9.17, 15) is 21.6 Å². The molecule has 0 unspecified atom stereocenters. The summed E-state index contributed by atoms with van der Waals surface area (Å²) in [5.41, 5.74) is 1.49. The molecule has 0 radical (unpaired) electrons. The Morgan fingerprint density at radius 2 is 1.62 bits per heavy atom. The molecule has 3 aromatic rings. The Hall–Kier alpha value is -2.99. The van der Waals surface area contributed by atoms with Gasteiger partial charge in [0.05, 0.1) is 34.7 Å². The molecular formula is C24H25Cl2N3O6S2. The number of carbonyl (C=O) groups is 1. The normalized spacial score (nSPS) is 12.5. The van der Waals surface area contributed by atoms with Crippen molar-refractivity contribution in [1.29, 1.82) is 0 Å². The highest BCUT2D eigenvalue weighted by Gasteiger charge is 2.30. The molecule has 37 heavy (non-hydrogen) atoms. The standard InChI is InChI=1S/C24H25Cl2N3O6S2/c1-15-5-6-17(25)13-22(15)28-37(33,34)20-10-7-18(8-11-20)27-24(30)16(2)29(36(4,31)32)19-9-12-23(35-3)21(26)14-19/h5-14,16,28H,1-4H3,(H,27,30)/t16-/m1/s1. The van der Waals surface area contributed by atoms with Gasteiger partial charge in [-0.2, -0.15) is 0 Å². The second kappa shape index (κ2) is 11.2. The number of amides is 1. The Labute approximate surface area is 226 Å². The first-order valence-electron chi connectivity index (χ1n) is 10.8. The molecule has 3 aromatic carbocycles. The molecule has 1 amide bonds. The van der Waals surface area contributed by atoms with Crippen molar-refractivity contribution in [3.8, 4) is 5.75 Å². The Kier molecular flexibility index (Phi) is 8.63. The van der Waals surface area contributed by atoms with Crippen LogP contribution in [0.4, 0.5) is 17.1 Å². The van der Waals surface area contributed by atoms with Crippen molar-refractivity contribution in [3.63, 3.8) is 0 Å². The predicted molar refractivity (Wildman–Crippen MR) is 147 cm³/mol. The van der Waals surface area contributed by atoms with E-state index in [1.165, 1.54) is 62.6 Å². The van der Waals surface area contributed by atoms with Crippen molar-refractivity contribution in [2.45, 2.75) is 24.8 Å². The summed E-state index contributed by atoms with van der Waals surface area (Å²) in [6.45, 7) is 3.16. The summed E-state index contributed by atoms with van der Waals surface area (Å²) < 4.78 is 59.2. The fourth-order valence-electron chi connectivity index (χ4n) is 3.47. The highest BCUT2D eigenvalue weighted by Crippen LogP contribution is 2.31. The van der Waals surface area contributed by atoms with Gasteiger partial charge in [-0.25, -0.2) is 16.8 Å². The van der Waals surface area contributed by atoms with Gasteiger partial charge in [0, 0.05) is 10.7 Å². The van der Waals surface area contributed by atoms with E-state index >= 15 is 0 Å². The van der Waals surface area contributed by atoms with Crippen molar-refractivity contribution < 1.29 is 26.4 Å². The summed E-state index contributed by atoms with van der Waals surface area (Å²) in [5.74, 6) is -0.285. The van der Waals surface area contributed by atoms with Gasteiger partial charge in [0.1, 0.15) is 11.8 Å². The summed E-state index contributed by atoms with van der Waals surface area (Å²) in [6.07, 6.45) is 0.975. The van der Waals surface area contributed by atoms with E-state index in [-0.39, 0.29) is 21.3 Å². The average Bonchev–Trinajstić information content (AvgIpc) is 2.81. The number of nitrogens with one attached hydrogen (secondary N) is 2. The van der Waals surface area contributed by atoms with Crippen LogP contribution in [0.1, 0.15) is 12.5 Å². The highest BCUT2D eigenvalue weighted by atomic mass is 35.5. The molecule has 0 aliphatic rings. The summed E-state index contributed by atoms with van der Waals surface area (Å²) in [6, 6.07) is 13.5. The van der Waals surface area contributed by atoms with E-state index in [1.54, 1.807) is 19.1 Å². The molecule has 0 heterocycles. The van der Waals surface area contributed by atoms with Crippen molar-refractivity contribution in [2.75, 3.05) is 27.7 Å². The smallest absolute Gasteiger partial charge is 0.261 e. The van der Waals surface area contributed by atoms with Crippen LogP contribution in [0.5, 0.6) is 5.75 Å². The second-order valence-electron chi connectivity index (χ2n) is 8.13. The van der Waals surface area contributed by atoms with Crippen LogP contribution in [-0.2, 0) is 24.8 Å². The zero-order valence-electron chi connectivity index (χ0n) is 20.3. The number of ether oxygens (including phenoxy) is 1. The molecule has 2 N–H and O–H groups in total.